The zero-order valence-corrected chi connectivity index (χ0v) is 12.3. The van der Waals surface area contributed by atoms with Gasteiger partial charge < -0.3 is 15.2 Å². The molecule has 0 atom stereocenters. The van der Waals surface area contributed by atoms with Crippen LogP contribution in [0.15, 0.2) is 12.1 Å². The maximum atomic E-state index is 6.20. The van der Waals surface area contributed by atoms with Gasteiger partial charge in [-0.15, -0.1) is 0 Å². The molecule has 0 spiro atoms. The van der Waals surface area contributed by atoms with Crippen molar-refractivity contribution < 1.29 is 9.47 Å². The van der Waals surface area contributed by atoms with Crippen molar-refractivity contribution in [2.45, 2.75) is 45.8 Å². The minimum atomic E-state index is -0.192. The number of aryl methyl sites for hydroxylation is 3. The van der Waals surface area contributed by atoms with E-state index in [2.05, 4.69) is 32.9 Å². The Kier molecular flexibility index (Phi) is 4.61. The van der Waals surface area contributed by atoms with E-state index in [1.165, 1.54) is 22.3 Å². The van der Waals surface area contributed by atoms with Crippen LogP contribution in [0.4, 0.5) is 0 Å². The minimum absolute atomic E-state index is 0.192. The monoisotopic (exact) mass is 263 g/mol. The van der Waals surface area contributed by atoms with Crippen LogP contribution in [0.5, 0.6) is 0 Å². The Balaban J connectivity index is 2.09. The molecular formula is C16H25NO2. The van der Waals surface area contributed by atoms with E-state index >= 15 is 0 Å². The van der Waals surface area contributed by atoms with Crippen LogP contribution in [0.2, 0.25) is 0 Å². The second kappa shape index (κ2) is 6.04. The summed E-state index contributed by atoms with van der Waals surface area (Å²) in [7, 11) is 0. The first-order chi connectivity index (χ1) is 9.06. The van der Waals surface area contributed by atoms with Gasteiger partial charge in [0.05, 0.1) is 12.2 Å². The van der Waals surface area contributed by atoms with Gasteiger partial charge in [-0.05, 0) is 37.5 Å². The molecule has 3 heteroatoms. The molecule has 1 aromatic carbocycles. The fraction of sp³-hybridized carbons (Fsp3) is 0.625. The van der Waals surface area contributed by atoms with Gasteiger partial charge in [-0.2, -0.15) is 0 Å². The van der Waals surface area contributed by atoms with E-state index in [-0.39, 0.29) is 5.60 Å². The third kappa shape index (κ3) is 3.35. The Labute approximate surface area is 116 Å². The smallest absolute Gasteiger partial charge is 0.0852 e. The van der Waals surface area contributed by atoms with Gasteiger partial charge in [0.25, 0.3) is 0 Å². The number of ether oxygens (including phenoxy) is 2. The van der Waals surface area contributed by atoms with Crippen LogP contribution in [0, 0.1) is 20.8 Å². The van der Waals surface area contributed by atoms with Crippen LogP contribution in [0.3, 0.4) is 0 Å². The second-order valence-corrected chi connectivity index (χ2v) is 5.67. The normalized spacial score (nSPS) is 18.5. The summed E-state index contributed by atoms with van der Waals surface area (Å²) >= 11 is 0. The van der Waals surface area contributed by atoms with Crippen LogP contribution in [0.1, 0.15) is 35.1 Å². The lowest BCUT2D eigenvalue weighted by Gasteiger charge is -2.36. The van der Waals surface area contributed by atoms with Crippen LogP contribution >= 0.6 is 0 Å². The summed E-state index contributed by atoms with van der Waals surface area (Å²) in [5, 5.41) is 0. The third-order valence-electron chi connectivity index (χ3n) is 4.14. The molecular weight excluding hydrogens is 238 g/mol. The molecule has 0 bridgehead atoms. The summed E-state index contributed by atoms with van der Waals surface area (Å²) < 4.78 is 11.6. The molecule has 0 amide bonds. The summed E-state index contributed by atoms with van der Waals surface area (Å²) in [4.78, 5) is 0. The van der Waals surface area contributed by atoms with E-state index < -0.39 is 0 Å². The summed E-state index contributed by atoms with van der Waals surface area (Å²) in [6, 6.07) is 4.43. The molecule has 1 heterocycles. The molecule has 106 valence electrons. The SMILES string of the molecule is Cc1cc(C)c(COC2(CN)CCOCC2)c(C)c1. The third-order valence-corrected chi connectivity index (χ3v) is 4.14. The molecule has 1 aliphatic rings. The second-order valence-electron chi connectivity index (χ2n) is 5.67. The van der Waals surface area contributed by atoms with E-state index in [0.29, 0.717) is 13.2 Å². The average molecular weight is 263 g/mol. The van der Waals surface area contributed by atoms with Crippen molar-refractivity contribution in [2.75, 3.05) is 19.8 Å². The maximum absolute atomic E-state index is 6.20. The lowest BCUT2D eigenvalue weighted by molar-refractivity contribution is -0.112. The number of benzene rings is 1. The van der Waals surface area contributed by atoms with Gasteiger partial charge in [0, 0.05) is 32.6 Å². The Morgan fingerprint density at radius 3 is 2.26 bits per heavy atom. The van der Waals surface area contributed by atoms with E-state index in [0.717, 1.165) is 26.1 Å². The molecule has 0 unspecified atom stereocenters. The standard InChI is InChI=1S/C16H25NO2/c1-12-8-13(2)15(14(3)9-12)10-19-16(11-17)4-6-18-7-5-16/h8-9H,4-7,10-11,17H2,1-3H3. The predicted molar refractivity (Wildman–Crippen MR) is 77.3 cm³/mol. The van der Waals surface area contributed by atoms with Crippen LogP contribution < -0.4 is 5.73 Å². The van der Waals surface area contributed by atoms with E-state index in [9.17, 15) is 0 Å². The van der Waals surface area contributed by atoms with Gasteiger partial charge in [-0.25, -0.2) is 0 Å². The molecule has 19 heavy (non-hydrogen) atoms. The highest BCUT2D eigenvalue weighted by Gasteiger charge is 2.32. The molecule has 0 saturated carbocycles. The van der Waals surface area contributed by atoms with Crippen molar-refractivity contribution in [1.29, 1.82) is 0 Å². The fourth-order valence-electron chi connectivity index (χ4n) is 2.81. The van der Waals surface area contributed by atoms with Gasteiger partial charge >= 0.3 is 0 Å². The molecule has 2 rings (SSSR count). The van der Waals surface area contributed by atoms with Crippen molar-refractivity contribution in [3.8, 4) is 0 Å². The Bertz CT molecular complexity index is 413. The summed E-state index contributed by atoms with van der Waals surface area (Å²) in [6.45, 7) is 9.15. The molecule has 0 radical (unpaired) electrons. The van der Waals surface area contributed by atoms with Crippen LogP contribution in [0.25, 0.3) is 0 Å². The fourth-order valence-corrected chi connectivity index (χ4v) is 2.81. The average Bonchev–Trinajstić information content (AvgIpc) is 2.38. The van der Waals surface area contributed by atoms with Gasteiger partial charge in [-0.1, -0.05) is 17.7 Å². The van der Waals surface area contributed by atoms with Gasteiger partial charge in [0.15, 0.2) is 0 Å². The van der Waals surface area contributed by atoms with Gasteiger partial charge in [0.2, 0.25) is 0 Å². The zero-order chi connectivity index (χ0) is 13.9. The Morgan fingerprint density at radius 1 is 1.16 bits per heavy atom. The minimum Gasteiger partial charge on any atom is -0.381 e. The maximum Gasteiger partial charge on any atom is 0.0852 e. The van der Waals surface area contributed by atoms with Crippen molar-refractivity contribution in [1.82, 2.24) is 0 Å². The molecule has 1 aliphatic heterocycles. The lowest BCUT2D eigenvalue weighted by atomic mass is 9.93. The molecule has 0 aliphatic carbocycles. The highest BCUT2D eigenvalue weighted by atomic mass is 16.5. The van der Waals surface area contributed by atoms with Crippen LogP contribution in [-0.4, -0.2) is 25.4 Å². The molecule has 1 aromatic rings. The highest BCUT2D eigenvalue weighted by molar-refractivity contribution is 5.37. The van der Waals surface area contributed by atoms with Crippen molar-refractivity contribution in [3.05, 3.63) is 34.4 Å². The van der Waals surface area contributed by atoms with Crippen LogP contribution in [-0.2, 0) is 16.1 Å². The lowest BCUT2D eigenvalue weighted by Crippen LogP contribution is -2.45. The number of nitrogens with two attached hydrogens (primary N) is 1. The predicted octanol–water partition coefficient (Wildman–Crippen LogP) is 2.64. The molecule has 1 saturated heterocycles. The Hall–Kier alpha value is -0.900. The molecule has 1 fully saturated rings. The highest BCUT2D eigenvalue weighted by Crippen LogP contribution is 2.27. The molecule has 3 nitrogen and oxygen atoms in total. The number of rotatable bonds is 4. The van der Waals surface area contributed by atoms with Gasteiger partial charge in [-0.3, -0.25) is 0 Å². The van der Waals surface area contributed by atoms with E-state index in [4.69, 9.17) is 15.2 Å². The van der Waals surface area contributed by atoms with Gasteiger partial charge in [0.1, 0.15) is 0 Å². The quantitative estimate of drug-likeness (QED) is 0.908. The topological polar surface area (TPSA) is 44.5 Å². The first-order valence-corrected chi connectivity index (χ1v) is 7.05. The number of hydrogen-bond acceptors (Lipinski definition) is 3. The van der Waals surface area contributed by atoms with Crippen molar-refractivity contribution in [3.63, 3.8) is 0 Å². The summed E-state index contributed by atoms with van der Waals surface area (Å²) in [5.74, 6) is 0. The van der Waals surface area contributed by atoms with E-state index in [1.54, 1.807) is 0 Å². The largest absolute Gasteiger partial charge is 0.381 e. The first kappa shape index (κ1) is 14.5. The molecule has 0 aromatic heterocycles. The van der Waals surface area contributed by atoms with Crippen molar-refractivity contribution >= 4 is 0 Å². The van der Waals surface area contributed by atoms with Crippen molar-refractivity contribution in [2.24, 2.45) is 5.73 Å². The zero-order valence-electron chi connectivity index (χ0n) is 12.3. The number of hydrogen-bond donors (Lipinski definition) is 1. The summed E-state index contributed by atoms with van der Waals surface area (Å²) in [6.07, 6.45) is 1.79. The first-order valence-electron chi connectivity index (χ1n) is 7.05. The summed E-state index contributed by atoms with van der Waals surface area (Å²) in [5.41, 5.74) is 10.9. The Morgan fingerprint density at radius 2 is 1.74 bits per heavy atom. The van der Waals surface area contributed by atoms with E-state index in [1.807, 2.05) is 0 Å². The molecule has 2 N–H and O–H groups in total.